The van der Waals surface area contributed by atoms with Crippen LogP contribution in [0, 0.1) is 0 Å². The molecule has 2 aromatic carbocycles. The van der Waals surface area contributed by atoms with Gasteiger partial charge in [-0.15, -0.1) is 0 Å². The number of ether oxygens (including phenoxy) is 2. The van der Waals surface area contributed by atoms with Crippen molar-refractivity contribution < 1.29 is 28.7 Å². The number of amides is 3. The first-order valence-corrected chi connectivity index (χ1v) is 10.8. The molecule has 3 amide bonds. The van der Waals surface area contributed by atoms with E-state index in [2.05, 4.69) is 16.0 Å². The molecule has 2 aromatic rings. The van der Waals surface area contributed by atoms with Gasteiger partial charge < -0.3 is 25.4 Å². The highest BCUT2D eigenvalue weighted by molar-refractivity contribution is 5.92. The zero-order valence-corrected chi connectivity index (χ0v) is 19.8. The Kier molecular flexibility index (Phi) is 9.61. The molecule has 0 aliphatic rings. The van der Waals surface area contributed by atoms with Crippen LogP contribution < -0.4 is 16.0 Å². The first kappa shape index (κ1) is 26.4. The van der Waals surface area contributed by atoms with Crippen LogP contribution in [-0.2, 0) is 30.3 Å². The minimum Gasteiger partial charge on any atom is -0.467 e. The van der Waals surface area contributed by atoms with Crippen LogP contribution in [0.4, 0.5) is 4.79 Å². The summed E-state index contributed by atoms with van der Waals surface area (Å²) >= 11 is 0. The average Bonchev–Trinajstić information content (AvgIpc) is 2.80. The average molecular weight is 470 g/mol. The number of carbonyl (C=O) groups is 4. The molecule has 9 heteroatoms. The predicted octanol–water partition coefficient (Wildman–Crippen LogP) is 2.27. The summed E-state index contributed by atoms with van der Waals surface area (Å²) in [5.74, 6) is -1.81. The predicted molar refractivity (Wildman–Crippen MR) is 126 cm³/mol. The van der Waals surface area contributed by atoms with Gasteiger partial charge >= 0.3 is 12.1 Å². The monoisotopic (exact) mass is 469 g/mol. The maximum atomic E-state index is 13.2. The lowest BCUT2D eigenvalue weighted by atomic mass is 10.0. The largest absolute Gasteiger partial charge is 0.467 e. The number of hydrogen-bond donors (Lipinski definition) is 3. The Labute approximate surface area is 199 Å². The molecule has 0 fully saturated rings. The van der Waals surface area contributed by atoms with E-state index in [-0.39, 0.29) is 6.42 Å². The Balaban J connectivity index is 2.12. The van der Waals surface area contributed by atoms with Crippen molar-refractivity contribution in [2.24, 2.45) is 0 Å². The lowest BCUT2D eigenvalue weighted by Gasteiger charge is -2.23. The number of methoxy groups -OCH3 is 1. The minimum atomic E-state index is -1.10. The zero-order chi connectivity index (χ0) is 25.1. The number of carbonyl (C=O) groups excluding carboxylic acids is 4. The van der Waals surface area contributed by atoms with Crippen LogP contribution in [0.25, 0.3) is 0 Å². The maximum absolute atomic E-state index is 13.2. The molecule has 3 N–H and O–H groups in total. The van der Waals surface area contributed by atoms with Crippen molar-refractivity contribution in [2.45, 2.75) is 44.9 Å². The molecule has 0 aromatic heterocycles. The molecular formula is C25H31N3O6. The maximum Gasteiger partial charge on any atom is 0.408 e. The van der Waals surface area contributed by atoms with E-state index >= 15 is 0 Å². The molecule has 2 rings (SSSR count). The van der Waals surface area contributed by atoms with Gasteiger partial charge in [0.05, 0.1) is 7.11 Å². The van der Waals surface area contributed by atoms with Crippen molar-refractivity contribution in [1.82, 2.24) is 16.0 Å². The number of hydrogen-bond acceptors (Lipinski definition) is 6. The summed E-state index contributed by atoms with van der Waals surface area (Å²) in [6, 6.07) is 15.7. The minimum absolute atomic E-state index is 0.217. The highest BCUT2D eigenvalue weighted by atomic mass is 16.6. The van der Waals surface area contributed by atoms with Crippen molar-refractivity contribution in [3.05, 3.63) is 71.8 Å². The van der Waals surface area contributed by atoms with Crippen LogP contribution in [0.1, 0.15) is 37.9 Å². The fourth-order valence-corrected chi connectivity index (χ4v) is 3.06. The fourth-order valence-electron chi connectivity index (χ4n) is 3.06. The Morgan fingerprint density at radius 2 is 1.47 bits per heavy atom. The van der Waals surface area contributed by atoms with Gasteiger partial charge in [-0.1, -0.05) is 60.7 Å². The number of benzene rings is 2. The molecule has 182 valence electrons. The fraction of sp³-hybridized carbons (Fsp3) is 0.360. The topological polar surface area (TPSA) is 123 Å². The molecule has 0 saturated carbocycles. The summed E-state index contributed by atoms with van der Waals surface area (Å²) in [5.41, 5.74) is 0.628. The van der Waals surface area contributed by atoms with Crippen molar-refractivity contribution in [1.29, 1.82) is 0 Å². The quantitative estimate of drug-likeness (QED) is 0.484. The van der Waals surface area contributed by atoms with Crippen LogP contribution in [0.2, 0.25) is 0 Å². The van der Waals surface area contributed by atoms with Crippen molar-refractivity contribution >= 4 is 23.9 Å². The number of esters is 1. The lowest BCUT2D eigenvalue weighted by molar-refractivity contribution is -0.145. The lowest BCUT2D eigenvalue weighted by Crippen LogP contribution is -2.50. The van der Waals surface area contributed by atoms with E-state index in [4.69, 9.17) is 9.47 Å². The van der Waals surface area contributed by atoms with Crippen LogP contribution in [-0.4, -0.2) is 49.2 Å². The Hall–Kier alpha value is -3.88. The second kappa shape index (κ2) is 12.4. The molecule has 0 aliphatic heterocycles. The summed E-state index contributed by atoms with van der Waals surface area (Å²) in [6.07, 6.45) is -0.536. The summed E-state index contributed by atoms with van der Waals surface area (Å²) in [6.45, 7) is 4.72. The van der Waals surface area contributed by atoms with Crippen LogP contribution in [0.5, 0.6) is 0 Å². The second-order valence-electron chi connectivity index (χ2n) is 8.54. The Morgan fingerprint density at radius 1 is 0.882 bits per heavy atom. The summed E-state index contributed by atoms with van der Waals surface area (Å²) in [4.78, 5) is 49.9. The molecule has 34 heavy (non-hydrogen) atoms. The van der Waals surface area contributed by atoms with Crippen molar-refractivity contribution in [3.63, 3.8) is 0 Å². The number of alkyl carbamates (subject to hydrolysis) is 1. The van der Waals surface area contributed by atoms with Gasteiger partial charge in [0.1, 0.15) is 24.2 Å². The summed E-state index contributed by atoms with van der Waals surface area (Å²) in [5, 5.41) is 7.64. The van der Waals surface area contributed by atoms with Crippen molar-refractivity contribution in [2.75, 3.05) is 13.7 Å². The zero-order valence-electron chi connectivity index (χ0n) is 19.8. The first-order chi connectivity index (χ1) is 16.1. The Morgan fingerprint density at radius 3 is 2.03 bits per heavy atom. The van der Waals surface area contributed by atoms with Gasteiger partial charge in [-0.2, -0.15) is 0 Å². The van der Waals surface area contributed by atoms with E-state index in [1.165, 1.54) is 7.11 Å². The second-order valence-corrected chi connectivity index (χ2v) is 8.54. The van der Waals surface area contributed by atoms with E-state index < -0.39 is 48.1 Å². The third-order valence-corrected chi connectivity index (χ3v) is 4.58. The van der Waals surface area contributed by atoms with E-state index in [0.717, 1.165) is 5.56 Å². The summed E-state index contributed by atoms with van der Waals surface area (Å²) < 4.78 is 9.97. The molecule has 0 bridgehead atoms. The number of nitrogens with one attached hydrogen (secondary N) is 3. The van der Waals surface area contributed by atoms with Gasteiger partial charge in [-0.25, -0.2) is 9.59 Å². The molecule has 0 heterocycles. The molecule has 2 atom stereocenters. The molecule has 0 spiro atoms. The smallest absolute Gasteiger partial charge is 0.408 e. The van der Waals surface area contributed by atoms with E-state index in [1.807, 2.05) is 30.3 Å². The normalized spacial score (nSPS) is 12.6. The van der Waals surface area contributed by atoms with Crippen molar-refractivity contribution in [3.8, 4) is 0 Å². The number of rotatable bonds is 9. The molecular weight excluding hydrogens is 438 g/mol. The van der Waals surface area contributed by atoms with Crippen LogP contribution in [0.15, 0.2) is 60.7 Å². The van der Waals surface area contributed by atoms with E-state index in [0.29, 0.717) is 5.56 Å². The molecule has 0 unspecified atom stereocenters. The SMILES string of the molecule is COC(=O)[C@@H](Cc1ccccc1)NC(=O)[C@@H](NC(=O)CNC(=O)OC(C)(C)C)c1ccccc1. The molecule has 0 saturated heterocycles. The molecule has 0 aliphatic carbocycles. The first-order valence-electron chi connectivity index (χ1n) is 10.8. The Bertz CT molecular complexity index is 973. The molecule has 9 nitrogen and oxygen atoms in total. The van der Waals surface area contributed by atoms with Crippen LogP contribution >= 0.6 is 0 Å². The standard InChI is InChI=1S/C25H31N3O6/c1-25(2,3)34-24(32)26-16-20(29)28-21(18-13-9-6-10-14-18)22(30)27-19(23(31)33-4)15-17-11-7-5-8-12-17/h5-14,19,21H,15-16H2,1-4H3,(H,26,32)(H,27,30)(H,28,29)/t19-,21+/m1/s1. The third kappa shape index (κ3) is 8.93. The van der Waals surface area contributed by atoms with E-state index in [9.17, 15) is 19.2 Å². The van der Waals surface area contributed by atoms with Gasteiger partial charge in [-0.3, -0.25) is 9.59 Å². The van der Waals surface area contributed by atoms with Crippen LogP contribution in [0.3, 0.4) is 0 Å². The third-order valence-electron chi connectivity index (χ3n) is 4.58. The van der Waals surface area contributed by atoms with E-state index in [1.54, 1.807) is 51.1 Å². The van der Waals surface area contributed by atoms with Gasteiger partial charge in [0, 0.05) is 6.42 Å². The molecule has 0 radical (unpaired) electrons. The van der Waals surface area contributed by atoms with Gasteiger partial charge in [-0.05, 0) is 31.9 Å². The highest BCUT2D eigenvalue weighted by Gasteiger charge is 2.29. The van der Waals surface area contributed by atoms with Gasteiger partial charge in [0.15, 0.2) is 0 Å². The van der Waals surface area contributed by atoms with Gasteiger partial charge in [0.2, 0.25) is 11.8 Å². The van der Waals surface area contributed by atoms with Gasteiger partial charge in [0.25, 0.3) is 0 Å². The summed E-state index contributed by atoms with van der Waals surface area (Å²) in [7, 11) is 1.24. The highest BCUT2D eigenvalue weighted by Crippen LogP contribution is 2.14.